The summed E-state index contributed by atoms with van der Waals surface area (Å²) in [5, 5.41) is 14.6. The number of nitrogens with zero attached hydrogens (tertiary/aromatic N) is 5. The molecule has 0 aliphatic rings. The predicted octanol–water partition coefficient (Wildman–Crippen LogP) is 2.23. The molecule has 1 atom stereocenters. The van der Waals surface area contributed by atoms with E-state index in [0.29, 0.717) is 35.3 Å². The lowest BCUT2D eigenvalue weighted by Crippen LogP contribution is -2.19. The van der Waals surface area contributed by atoms with Gasteiger partial charge in [-0.1, -0.05) is 20.8 Å². The number of hydrogen-bond acceptors (Lipinski definition) is 7. The maximum absolute atomic E-state index is 11.6. The van der Waals surface area contributed by atoms with Gasteiger partial charge in [-0.05, 0) is 5.92 Å². The van der Waals surface area contributed by atoms with Crippen LogP contribution in [0.4, 0.5) is 11.6 Å². The van der Waals surface area contributed by atoms with Gasteiger partial charge in [-0.15, -0.1) is 0 Å². The Morgan fingerprint density at radius 1 is 1.32 bits per heavy atom. The van der Waals surface area contributed by atoms with Gasteiger partial charge in [-0.25, -0.2) is 14.6 Å². The number of nitrogens with one attached hydrogen (secondary N) is 2. The molecule has 0 aliphatic heterocycles. The molecule has 9 heteroatoms. The minimum absolute atomic E-state index is 0.288. The van der Waals surface area contributed by atoms with E-state index in [9.17, 15) is 4.79 Å². The van der Waals surface area contributed by atoms with Crippen molar-refractivity contribution in [2.24, 2.45) is 5.92 Å². The highest BCUT2D eigenvalue weighted by Gasteiger charge is 2.17. The first-order valence-electron chi connectivity index (χ1n) is 8.06. The summed E-state index contributed by atoms with van der Waals surface area (Å²) < 4.78 is 6.41. The number of methoxy groups -OCH3 is 1. The van der Waals surface area contributed by atoms with E-state index in [2.05, 4.69) is 44.4 Å². The zero-order valence-corrected chi connectivity index (χ0v) is 14.6. The summed E-state index contributed by atoms with van der Waals surface area (Å²) in [4.78, 5) is 20.5. The largest absolute Gasteiger partial charge is 0.469 e. The summed E-state index contributed by atoms with van der Waals surface area (Å²) in [6.07, 6.45) is 3.25. The summed E-state index contributed by atoms with van der Waals surface area (Å²) in [6.45, 7) is 6.33. The molecular weight excluding hydrogens is 322 g/mol. The number of rotatable bonds is 6. The Balaban J connectivity index is 1.83. The number of aromatic nitrogens is 6. The molecule has 0 radical (unpaired) electrons. The van der Waals surface area contributed by atoms with Crippen LogP contribution in [0.5, 0.6) is 0 Å². The normalized spacial score (nSPS) is 12.5. The van der Waals surface area contributed by atoms with E-state index in [1.165, 1.54) is 7.11 Å². The van der Waals surface area contributed by atoms with E-state index < -0.39 is 0 Å². The number of carbonyl (C=O) groups is 1. The molecular formula is C16H21N7O2. The third-order valence-electron chi connectivity index (χ3n) is 3.87. The average molecular weight is 343 g/mol. The molecule has 25 heavy (non-hydrogen) atoms. The molecule has 0 aromatic carbocycles. The number of aromatic amines is 1. The zero-order valence-electron chi connectivity index (χ0n) is 14.6. The molecule has 0 aliphatic carbocycles. The van der Waals surface area contributed by atoms with Gasteiger partial charge in [0.25, 0.3) is 0 Å². The molecule has 3 aromatic heterocycles. The van der Waals surface area contributed by atoms with Crippen molar-refractivity contribution in [2.75, 3.05) is 12.4 Å². The van der Waals surface area contributed by atoms with Crippen molar-refractivity contribution in [3.8, 4) is 0 Å². The van der Waals surface area contributed by atoms with Crippen LogP contribution in [-0.4, -0.2) is 43.0 Å². The van der Waals surface area contributed by atoms with Gasteiger partial charge in [0.2, 0.25) is 0 Å². The molecule has 3 aromatic rings. The highest BCUT2D eigenvalue weighted by atomic mass is 16.5. The topological polar surface area (TPSA) is 111 Å². The lowest BCUT2D eigenvalue weighted by atomic mass is 10.1. The predicted molar refractivity (Wildman–Crippen MR) is 92.5 cm³/mol. The first kappa shape index (κ1) is 16.9. The fourth-order valence-corrected chi connectivity index (χ4v) is 2.41. The molecule has 0 saturated carbocycles. The highest BCUT2D eigenvalue weighted by Crippen LogP contribution is 2.19. The van der Waals surface area contributed by atoms with Crippen LogP contribution in [0.2, 0.25) is 0 Å². The first-order valence-corrected chi connectivity index (χ1v) is 8.06. The van der Waals surface area contributed by atoms with Crippen molar-refractivity contribution in [2.45, 2.75) is 33.2 Å². The molecule has 3 rings (SSSR count). The van der Waals surface area contributed by atoms with Crippen LogP contribution in [0.15, 0.2) is 18.5 Å². The van der Waals surface area contributed by atoms with Gasteiger partial charge in [0, 0.05) is 11.8 Å². The van der Waals surface area contributed by atoms with Crippen molar-refractivity contribution < 1.29 is 9.53 Å². The Labute approximate surface area is 144 Å². The maximum Gasteiger partial charge on any atom is 0.310 e. The quantitative estimate of drug-likeness (QED) is 0.660. The van der Waals surface area contributed by atoms with Gasteiger partial charge in [-0.2, -0.15) is 10.2 Å². The van der Waals surface area contributed by atoms with E-state index >= 15 is 0 Å². The summed E-state index contributed by atoms with van der Waals surface area (Å²) in [5.41, 5.74) is 2.29. The van der Waals surface area contributed by atoms with Crippen LogP contribution in [0.1, 0.15) is 32.4 Å². The molecule has 0 bridgehead atoms. The Bertz CT molecular complexity index is 884. The summed E-state index contributed by atoms with van der Waals surface area (Å²) in [5.74, 6) is 0.973. The number of esters is 1. The fourth-order valence-electron chi connectivity index (χ4n) is 2.41. The van der Waals surface area contributed by atoms with Crippen LogP contribution in [0.3, 0.4) is 0 Å². The summed E-state index contributed by atoms with van der Waals surface area (Å²) >= 11 is 0. The molecule has 9 nitrogen and oxygen atoms in total. The van der Waals surface area contributed by atoms with Crippen LogP contribution in [0.25, 0.3) is 11.2 Å². The lowest BCUT2D eigenvalue weighted by Gasteiger charge is -2.09. The van der Waals surface area contributed by atoms with Crippen LogP contribution < -0.4 is 5.32 Å². The third kappa shape index (κ3) is 3.59. The van der Waals surface area contributed by atoms with Crippen LogP contribution in [-0.2, 0) is 16.1 Å². The van der Waals surface area contributed by atoms with Gasteiger partial charge in [-0.3, -0.25) is 9.89 Å². The Morgan fingerprint density at radius 3 is 2.80 bits per heavy atom. The van der Waals surface area contributed by atoms with E-state index in [4.69, 9.17) is 4.74 Å². The van der Waals surface area contributed by atoms with Gasteiger partial charge in [0.15, 0.2) is 17.3 Å². The Kier molecular flexibility index (Phi) is 4.64. The number of fused-ring (bicyclic) bond motifs is 1. The lowest BCUT2D eigenvalue weighted by molar-refractivity contribution is -0.145. The summed E-state index contributed by atoms with van der Waals surface area (Å²) in [6, 6.07) is 1.94. The minimum atomic E-state index is -0.327. The van der Waals surface area contributed by atoms with Crippen molar-refractivity contribution in [1.29, 1.82) is 0 Å². The van der Waals surface area contributed by atoms with Gasteiger partial charge < -0.3 is 10.1 Å². The monoisotopic (exact) mass is 343 g/mol. The van der Waals surface area contributed by atoms with Crippen molar-refractivity contribution >= 4 is 28.8 Å². The fraction of sp³-hybridized carbons (Fsp3) is 0.438. The molecule has 3 heterocycles. The molecule has 0 spiro atoms. The number of ether oxygens (including phenoxy) is 1. The highest BCUT2D eigenvalue weighted by molar-refractivity contribution is 5.74. The molecule has 0 amide bonds. The summed E-state index contributed by atoms with van der Waals surface area (Å²) in [7, 11) is 1.37. The SMILES string of the molecule is COC(=O)[C@@H](C)Cn1ncc2ncc(Nc3cc(C(C)C)[nH]n3)nc21. The average Bonchev–Trinajstić information content (AvgIpc) is 3.21. The number of anilines is 2. The van der Waals surface area contributed by atoms with E-state index in [1.54, 1.807) is 24.0 Å². The van der Waals surface area contributed by atoms with E-state index in [-0.39, 0.29) is 11.9 Å². The molecule has 132 valence electrons. The van der Waals surface area contributed by atoms with Crippen molar-refractivity contribution in [1.82, 2.24) is 29.9 Å². The Morgan fingerprint density at radius 2 is 2.12 bits per heavy atom. The van der Waals surface area contributed by atoms with Gasteiger partial charge in [0.05, 0.1) is 32.0 Å². The third-order valence-corrected chi connectivity index (χ3v) is 3.87. The second-order valence-corrected chi connectivity index (χ2v) is 6.20. The van der Waals surface area contributed by atoms with Crippen LogP contribution in [0, 0.1) is 5.92 Å². The van der Waals surface area contributed by atoms with Crippen LogP contribution >= 0.6 is 0 Å². The molecule has 2 N–H and O–H groups in total. The Hall–Kier alpha value is -2.97. The number of carbonyl (C=O) groups excluding carboxylic acids is 1. The molecule has 0 fully saturated rings. The molecule has 0 unspecified atom stereocenters. The second-order valence-electron chi connectivity index (χ2n) is 6.20. The smallest absolute Gasteiger partial charge is 0.310 e. The molecule has 0 saturated heterocycles. The van der Waals surface area contributed by atoms with E-state index in [0.717, 1.165) is 5.69 Å². The van der Waals surface area contributed by atoms with Crippen molar-refractivity contribution in [3.05, 3.63) is 24.2 Å². The van der Waals surface area contributed by atoms with Gasteiger partial charge in [0.1, 0.15) is 5.52 Å². The maximum atomic E-state index is 11.6. The minimum Gasteiger partial charge on any atom is -0.469 e. The second kappa shape index (κ2) is 6.88. The number of H-pyrrole nitrogens is 1. The van der Waals surface area contributed by atoms with Gasteiger partial charge >= 0.3 is 5.97 Å². The number of hydrogen-bond donors (Lipinski definition) is 2. The standard InChI is InChI=1S/C16H21N7O2/c1-9(2)11-5-13(22-21-11)19-14-7-17-12-6-18-23(15(12)20-14)8-10(3)16(24)25-4/h5-7,9-10H,8H2,1-4H3,(H2,19,20,21,22)/t10-/m0/s1. The zero-order chi connectivity index (χ0) is 18.0. The van der Waals surface area contributed by atoms with E-state index in [1.807, 2.05) is 6.07 Å². The first-order chi connectivity index (χ1) is 12.0. The van der Waals surface area contributed by atoms with Crippen molar-refractivity contribution in [3.63, 3.8) is 0 Å².